The monoisotopic (exact) mass is 358 g/mol. The van der Waals surface area contributed by atoms with Crippen molar-refractivity contribution in [1.82, 2.24) is 9.71 Å². The number of nitrogens with zero attached hydrogens (tertiary/aromatic N) is 1. The fraction of sp³-hybridized carbons (Fsp3) is 0.368. The third kappa shape index (κ3) is 2.74. The minimum Gasteiger partial charge on any atom is -0.273 e. The summed E-state index contributed by atoms with van der Waals surface area (Å²) < 4.78 is 28.0. The van der Waals surface area contributed by atoms with Crippen LogP contribution in [-0.4, -0.2) is 19.3 Å². The van der Waals surface area contributed by atoms with Crippen LogP contribution in [0.5, 0.6) is 0 Å². The van der Waals surface area contributed by atoms with Gasteiger partial charge in [0.1, 0.15) is 4.90 Å². The van der Waals surface area contributed by atoms with Gasteiger partial charge in [0.05, 0.1) is 10.9 Å². The molecule has 6 heteroatoms. The molecular formula is C19H22N2O3S. The van der Waals surface area contributed by atoms with Crippen molar-refractivity contribution in [2.24, 2.45) is 16.7 Å². The number of rotatable bonds is 4. The first-order valence-corrected chi connectivity index (χ1v) is 9.65. The molecule has 0 unspecified atom stereocenters. The molecule has 1 heterocycles. The minimum absolute atomic E-state index is 0.0128. The van der Waals surface area contributed by atoms with Gasteiger partial charge in [-0.05, 0) is 29.9 Å². The summed E-state index contributed by atoms with van der Waals surface area (Å²) in [5.74, 6) is -0.494. The van der Waals surface area contributed by atoms with Gasteiger partial charge in [0, 0.05) is 11.6 Å². The molecule has 1 aromatic heterocycles. The van der Waals surface area contributed by atoms with Gasteiger partial charge in [-0.3, -0.25) is 9.78 Å². The number of benzene rings is 1. The first-order chi connectivity index (χ1) is 11.6. The molecule has 0 saturated heterocycles. The summed E-state index contributed by atoms with van der Waals surface area (Å²) in [5.41, 5.74) is -0.770. The highest BCUT2D eigenvalue weighted by Gasteiger charge is 2.65. The number of hydrogen-bond donors (Lipinski definition) is 1. The summed E-state index contributed by atoms with van der Waals surface area (Å²) in [6.45, 7) is 9.61. The molecule has 0 aliphatic heterocycles. The van der Waals surface area contributed by atoms with E-state index in [1.165, 1.54) is 12.3 Å². The lowest BCUT2D eigenvalue weighted by molar-refractivity contribution is -0.128. The largest absolute Gasteiger partial charge is 0.273 e. The van der Waals surface area contributed by atoms with E-state index in [1.54, 1.807) is 30.3 Å². The van der Waals surface area contributed by atoms with Crippen molar-refractivity contribution >= 4 is 26.8 Å². The van der Waals surface area contributed by atoms with Crippen LogP contribution in [-0.2, 0) is 14.8 Å². The average molecular weight is 358 g/mol. The summed E-state index contributed by atoms with van der Waals surface area (Å²) in [7, 11) is -4.02. The van der Waals surface area contributed by atoms with Gasteiger partial charge in [0.2, 0.25) is 5.91 Å². The molecule has 1 fully saturated rings. The molecule has 1 aliphatic rings. The van der Waals surface area contributed by atoms with Gasteiger partial charge in [0.15, 0.2) is 0 Å². The zero-order valence-corrected chi connectivity index (χ0v) is 15.4. The zero-order chi connectivity index (χ0) is 18.5. The lowest BCUT2D eigenvalue weighted by Crippen LogP contribution is -2.43. The molecule has 0 spiro atoms. The van der Waals surface area contributed by atoms with E-state index in [0.717, 1.165) is 0 Å². The second-order valence-electron chi connectivity index (χ2n) is 7.53. The predicted molar refractivity (Wildman–Crippen MR) is 97.3 cm³/mol. The fourth-order valence-electron chi connectivity index (χ4n) is 3.60. The number of fused-ring (bicyclic) bond motifs is 1. The van der Waals surface area contributed by atoms with Crippen molar-refractivity contribution in [3.8, 4) is 0 Å². The van der Waals surface area contributed by atoms with E-state index in [-0.39, 0.29) is 16.2 Å². The Balaban J connectivity index is 1.99. The summed E-state index contributed by atoms with van der Waals surface area (Å²) >= 11 is 0. The number of hydrogen-bond acceptors (Lipinski definition) is 4. The molecule has 1 N–H and O–H groups in total. The quantitative estimate of drug-likeness (QED) is 0.851. The Kier molecular flexibility index (Phi) is 3.99. The van der Waals surface area contributed by atoms with Crippen LogP contribution in [0, 0.1) is 16.7 Å². The molecule has 5 nitrogen and oxygen atoms in total. The lowest BCUT2D eigenvalue weighted by Gasteiger charge is -2.30. The summed E-state index contributed by atoms with van der Waals surface area (Å²) in [6.07, 6.45) is 3.88. The zero-order valence-electron chi connectivity index (χ0n) is 14.6. The molecule has 132 valence electrons. The smallest absolute Gasteiger partial charge is 0.266 e. The van der Waals surface area contributed by atoms with Gasteiger partial charge in [-0.15, -0.1) is 6.58 Å². The maximum absolute atomic E-state index is 12.9. The maximum Gasteiger partial charge on any atom is 0.266 e. The first-order valence-electron chi connectivity index (χ1n) is 8.17. The summed E-state index contributed by atoms with van der Waals surface area (Å²) in [5, 5.41) is 0.707. The standard InChI is InChI=1S/C19H22N2O3S/c1-5-14-12-19(14,18(2,3)4)17(22)21-25(23,24)15-10-6-8-13-9-7-11-20-16(13)15/h5-11,14H,1,12H2,2-4H3,(H,21,22)/t14-,19-/m1/s1. The minimum atomic E-state index is -4.02. The number of para-hydroxylation sites is 1. The second-order valence-corrected chi connectivity index (χ2v) is 9.18. The van der Waals surface area contributed by atoms with Gasteiger partial charge >= 0.3 is 0 Å². The van der Waals surface area contributed by atoms with Gasteiger partial charge < -0.3 is 0 Å². The Hall–Kier alpha value is -2.21. The third-order valence-corrected chi connectivity index (χ3v) is 6.52. The van der Waals surface area contributed by atoms with Crippen molar-refractivity contribution in [3.63, 3.8) is 0 Å². The molecule has 0 radical (unpaired) electrons. The molecule has 25 heavy (non-hydrogen) atoms. The predicted octanol–water partition coefficient (Wildman–Crippen LogP) is 3.28. The van der Waals surface area contributed by atoms with Crippen molar-refractivity contribution in [2.75, 3.05) is 0 Å². The molecule has 1 amide bonds. The van der Waals surface area contributed by atoms with Crippen LogP contribution >= 0.6 is 0 Å². The Labute approximate surface area is 148 Å². The number of allylic oxidation sites excluding steroid dienone is 1. The van der Waals surface area contributed by atoms with E-state index in [9.17, 15) is 13.2 Å². The van der Waals surface area contributed by atoms with Crippen LogP contribution in [0.2, 0.25) is 0 Å². The number of carbonyl (C=O) groups is 1. The summed E-state index contributed by atoms with van der Waals surface area (Å²) in [4.78, 5) is 17.1. The molecule has 1 saturated carbocycles. The number of sulfonamides is 1. The SMILES string of the molecule is C=C[C@@H]1C[C@@]1(C(=O)NS(=O)(=O)c1cccc2cccnc12)C(C)(C)C. The van der Waals surface area contributed by atoms with Crippen LogP contribution in [0.25, 0.3) is 10.9 Å². The van der Waals surface area contributed by atoms with E-state index >= 15 is 0 Å². The van der Waals surface area contributed by atoms with E-state index in [4.69, 9.17) is 0 Å². The number of nitrogens with one attached hydrogen (secondary N) is 1. The lowest BCUT2D eigenvalue weighted by atomic mass is 9.75. The Morgan fingerprint density at radius 2 is 2.00 bits per heavy atom. The number of carbonyl (C=O) groups excluding carboxylic acids is 1. The molecule has 0 bridgehead atoms. The normalized spacial score (nSPS) is 23.2. The van der Waals surface area contributed by atoms with Crippen LogP contribution < -0.4 is 4.72 Å². The highest BCUT2D eigenvalue weighted by molar-refractivity contribution is 7.90. The first kappa shape index (κ1) is 17.6. The topological polar surface area (TPSA) is 76.1 Å². The van der Waals surface area contributed by atoms with E-state index in [1.807, 2.05) is 20.8 Å². The molecule has 2 atom stereocenters. The van der Waals surface area contributed by atoms with Crippen molar-refractivity contribution in [1.29, 1.82) is 0 Å². The van der Waals surface area contributed by atoms with Crippen LogP contribution in [0.1, 0.15) is 27.2 Å². The molecule has 3 rings (SSSR count). The summed E-state index contributed by atoms with van der Waals surface area (Å²) in [6, 6.07) is 8.42. The molecule has 1 aliphatic carbocycles. The Morgan fingerprint density at radius 3 is 2.60 bits per heavy atom. The van der Waals surface area contributed by atoms with E-state index < -0.39 is 21.3 Å². The Morgan fingerprint density at radius 1 is 1.32 bits per heavy atom. The van der Waals surface area contributed by atoms with Crippen LogP contribution in [0.4, 0.5) is 0 Å². The Bertz CT molecular complexity index is 955. The highest BCUT2D eigenvalue weighted by Crippen LogP contribution is 2.64. The maximum atomic E-state index is 12.9. The molecule has 1 aromatic carbocycles. The van der Waals surface area contributed by atoms with E-state index in [2.05, 4.69) is 16.3 Å². The van der Waals surface area contributed by atoms with Crippen molar-refractivity contribution in [2.45, 2.75) is 32.1 Å². The van der Waals surface area contributed by atoms with Crippen LogP contribution in [0.15, 0.2) is 54.1 Å². The number of aromatic nitrogens is 1. The molecule has 2 aromatic rings. The molecular weight excluding hydrogens is 336 g/mol. The van der Waals surface area contributed by atoms with Gasteiger partial charge in [0.25, 0.3) is 10.0 Å². The number of amides is 1. The third-order valence-electron chi connectivity index (χ3n) is 5.16. The van der Waals surface area contributed by atoms with Crippen molar-refractivity contribution < 1.29 is 13.2 Å². The van der Waals surface area contributed by atoms with Gasteiger partial charge in [-0.25, -0.2) is 13.1 Å². The highest BCUT2D eigenvalue weighted by atomic mass is 32.2. The van der Waals surface area contributed by atoms with Crippen LogP contribution in [0.3, 0.4) is 0 Å². The second kappa shape index (κ2) is 5.66. The van der Waals surface area contributed by atoms with Gasteiger partial charge in [-0.2, -0.15) is 0 Å². The van der Waals surface area contributed by atoms with Crippen molar-refractivity contribution in [3.05, 3.63) is 49.2 Å². The fourth-order valence-corrected chi connectivity index (χ4v) is 4.82. The van der Waals surface area contributed by atoms with Gasteiger partial charge in [-0.1, -0.05) is 45.0 Å². The van der Waals surface area contributed by atoms with E-state index in [0.29, 0.717) is 17.3 Å². The average Bonchev–Trinajstić information content (AvgIpc) is 3.30. The number of pyridine rings is 1.